The van der Waals surface area contributed by atoms with E-state index in [1.54, 1.807) is 18.0 Å². The number of nitrogens with one attached hydrogen (secondary N) is 1. The van der Waals surface area contributed by atoms with E-state index in [2.05, 4.69) is 17.4 Å². The molecule has 0 aliphatic heterocycles. The molecule has 0 aliphatic rings. The summed E-state index contributed by atoms with van der Waals surface area (Å²) in [5, 5.41) is 2.89. The highest BCUT2D eigenvalue weighted by atomic mass is 16.2. The maximum atomic E-state index is 12.0. The number of amides is 2. The molecule has 0 bridgehead atoms. The van der Waals surface area contributed by atoms with E-state index < -0.39 is 0 Å². The molecular weight excluding hydrogens is 288 g/mol. The van der Waals surface area contributed by atoms with Crippen molar-refractivity contribution >= 4 is 23.2 Å². The molecule has 1 N–H and O–H groups in total. The fourth-order valence-corrected chi connectivity index (χ4v) is 2.30. The van der Waals surface area contributed by atoms with Crippen molar-refractivity contribution in [2.75, 3.05) is 17.3 Å². The van der Waals surface area contributed by atoms with Crippen LogP contribution in [0.25, 0.3) is 0 Å². The number of carbonyl (C=O) groups excluding carboxylic acids is 2. The molecule has 4 nitrogen and oxygen atoms in total. The first kappa shape index (κ1) is 16.7. The van der Waals surface area contributed by atoms with Gasteiger partial charge in [0, 0.05) is 31.8 Å². The SMILES string of the molecule is CC(=O)N(C)c1cccc(NC(=O)CCCc2ccccc2)c1. The van der Waals surface area contributed by atoms with Gasteiger partial charge in [0.05, 0.1) is 0 Å². The summed E-state index contributed by atoms with van der Waals surface area (Å²) < 4.78 is 0. The molecule has 0 spiro atoms. The number of anilines is 2. The summed E-state index contributed by atoms with van der Waals surface area (Å²) in [6.45, 7) is 1.51. The Hall–Kier alpha value is -2.62. The lowest BCUT2D eigenvalue weighted by Gasteiger charge is -2.16. The van der Waals surface area contributed by atoms with Crippen LogP contribution < -0.4 is 10.2 Å². The van der Waals surface area contributed by atoms with Gasteiger partial charge in [0.15, 0.2) is 0 Å². The van der Waals surface area contributed by atoms with Gasteiger partial charge in [-0.25, -0.2) is 0 Å². The van der Waals surface area contributed by atoms with Crippen molar-refractivity contribution < 1.29 is 9.59 Å². The Bertz CT molecular complexity index is 668. The second kappa shape index (κ2) is 8.13. The van der Waals surface area contributed by atoms with Crippen LogP contribution >= 0.6 is 0 Å². The van der Waals surface area contributed by atoms with Crippen molar-refractivity contribution in [2.24, 2.45) is 0 Å². The van der Waals surface area contributed by atoms with Gasteiger partial charge in [-0.2, -0.15) is 0 Å². The van der Waals surface area contributed by atoms with Crippen LogP contribution in [0.2, 0.25) is 0 Å². The van der Waals surface area contributed by atoms with Gasteiger partial charge >= 0.3 is 0 Å². The third kappa shape index (κ3) is 5.25. The zero-order valence-electron chi connectivity index (χ0n) is 13.6. The predicted octanol–water partition coefficient (Wildman–Crippen LogP) is 3.63. The lowest BCUT2D eigenvalue weighted by Crippen LogP contribution is -2.23. The van der Waals surface area contributed by atoms with Crippen molar-refractivity contribution in [1.82, 2.24) is 0 Å². The second-order valence-electron chi connectivity index (χ2n) is 5.52. The third-order valence-electron chi connectivity index (χ3n) is 3.70. The zero-order valence-corrected chi connectivity index (χ0v) is 13.6. The lowest BCUT2D eigenvalue weighted by molar-refractivity contribution is -0.117. The van der Waals surface area contributed by atoms with E-state index in [1.807, 2.05) is 36.4 Å². The highest BCUT2D eigenvalue weighted by Gasteiger charge is 2.07. The molecule has 23 heavy (non-hydrogen) atoms. The Morgan fingerprint density at radius 3 is 2.48 bits per heavy atom. The van der Waals surface area contributed by atoms with Crippen LogP contribution in [0, 0.1) is 0 Å². The molecule has 2 amide bonds. The van der Waals surface area contributed by atoms with E-state index in [0.717, 1.165) is 18.5 Å². The van der Waals surface area contributed by atoms with E-state index in [0.29, 0.717) is 12.1 Å². The summed E-state index contributed by atoms with van der Waals surface area (Å²) >= 11 is 0. The molecule has 2 rings (SSSR count). The van der Waals surface area contributed by atoms with Crippen molar-refractivity contribution in [2.45, 2.75) is 26.2 Å². The average Bonchev–Trinajstić information content (AvgIpc) is 2.55. The Morgan fingerprint density at radius 1 is 1.04 bits per heavy atom. The molecule has 0 atom stereocenters. The molecule has 0 radical (unpaired) electrons. The van der Waals surface area contributed by atoms with Gasteiger partial charge in [-0.15, -0.1) is 0 Å². The summed E-state index contributed by atoms with van der Waals surface area (Å²) in [6, 6.07) is 17.4. The quantitative estimate of drug-likeness (QED) is 0.885. The fraction of sp³-hybridized carbons (Fsp3) is 0.263. The standard InChI is InChI=1S/C19H22N2O2/c1-15(22)21(2)18-12-7-11-17(14-18)20-19(23)13-6-10-16-8-4-3-5-9-16/h3-5,7-9,11-12,14H,6,10,13H2,1-2H3,(H,20,23). The molecule has 2 aromatic rings. The number of hydrogen-bond donors (Lipinski definition) is 1. The van der Waals surface area contributed by atoms with E-state index in [-0.39, 0.29) is 11.8 Å². The van der Waals surface area contributed by atoms with Gasteiger partial charge in [-0.05, 0) is 36.6 Å². The first-order valence-electron chi connectivity index (χ1n) is 7.74. The maximum absolute atomic E-state index is 12.0. The molecule has 0 heterocycles. The van der Waals surface area contributed by atoms with Crippen LogP contribution in [0.5, 0.6) is 0 Å². The molecule has 0 unspecified atom stereocenters. The molecule has 0 aromatic heterocycles. The minimum absolute atomic E-state index is 0.0106. The number of rotatable bonds is 6. The van der Waals surface area contributed by atoms with Crippen molar-refractivity contribution in [3.63, 3.8) is 0 Å². The van der Waals surface area contributed by atoms with Crippen LogP contribution in [0.1, 0.15) is 25.3 Å². The minimum Gasteiger partial charge on any atom is -0.326 e. The number of aryl methyl sites for hydroxylation is 1. The van der Waals surface area contributed by atoms with Crippen molar-refractivity contribution in [3.8, 4) is 0 Å². The summed E-state index contributed by atoms with van der Waals surface area (Å²) in [5.41, 5.74) is 2.71. The number of carbonyl (C=O) groups is 2. The van der Waals surface area contributed by atoms with Gasteiger partial charge in [0.2, 0.25) is 11.8 Å². The topological polar surface area (TPSA) is 49.4 Å². The van der Waals surface area contributed by atoms with E-state index in [9.17, 15) is 9.59 Å². The van der Waals surface area contributed by atoms with Gasteiger partial charge in [-0.3, -0.25) is 9.59 Å². The average molecular weight is 310 g/mol. The first-order valence-corrected chi connectivity index (χ1v) is 7.74. The highest BCUT2D eigenvalue weighted by molar-refractivity contribution is 5.94. The molecule has 120 valence electrons. The van der Waals surface area contributed by atoms with Gasteiger partial charge in [0.1, 0.15) is 0 Å². The molecule has 0 fully saturated rings. The molecule has 2 aromatic carbocycles. The fourth-order valence-electron chi connectivity index (χ4n) is 2.30. The lowest BCUT2D eigenvalue weighted by atomic mass is 10.1. The molecule has 0 saturated heterocycles. The summed E-state index contributed by atoms with van der Waals surface area (Å²) in [6.07, 6.45) is 2.17. The normalized spacial score (nSPS) is 10.2. The summed E-state index contributed by atoms with van der Waals surface area (Å²) in [4.78, 5) is 25.0. The van der Waals surface area contributed by atoms with Crippen LogP contribution in [-0.4, -0.2) is 18.9 Å². The third-order valence-corrected chi connectivity index (χ3v) is 3.70. The van der Waals surface area contributed by atoms with Gasteiger partial charge in [0.25, 0.3) is 0 Å². The van der Waals surface area contributed by atoms with Gasteiger partial charge < -0.3 is 10.2 Å². The molecule has 4 heteroatoms. The van der Waals surface area contributed by atoms with Crippen molar-refractivity contribution in [1.29, 1.82) is 0 Å². The maximum Gasteiger partial charge on any atom is 0.224 e. The van der Waals surface area contributed by atoms with E-state index in [4.69, 9.17) is 0 Å². The zero-order chi connectivity index (χ0) is 16.7. The predicted molar refractivity (Wildman–Crippen MR) is 93.5 cm³/mol. The molecule has 0 aliphatic carbocycles. The highest BCUT2D eigenvalue weighted by Crippen LogP contribution is 2.19. The Morgan fingerprint density at radius 2 is 1.78 bits per heavy atom. The largest absolute Gasteiger partial charge is 0.326 e. The van der Waals surface area contributed by atoms with Crippen LogP contribution in [0.15, 0.2) is 54.6 Å². The van der Waals surface area contributed by atoms with Crippen molar-refractivity contribution in [3.05, 3.63) is 60.2 Å². The summed E-state index contributed by atoms with van der Waals surface area (Å²) in [7, 11) is 1.71. The Labute approximate surface area is 137 Å². The van der Waals surface area contributed by atoms with Gasteiger partial charge in [-0.1, -0.05) is 36.4 Å². The number of benzene rings is 2. The monoisotopic (exact) mass is 310 g/mol. The number of hydrogen-bond acceptors (Lipinski definition) is 2. The van der Waals surface area contributed by atoms with E-state index >= 15 is 0 Å². The Balaban J connectivity index is 1.85. The number of nitrogens with zero attached hydrogens (tertiary/aromatic N) is 1. The molecular formula is C19H22N2O2. The summed E-state index contributed by atoms with van der Waals surface area (Å²) in [5.74, 6) is -0.0557. The minimum atomic E-state index is -0.0451. The van der Waals surface area contributed by atoms with Crippen LogP contribution in [0.4, 0.5) is 11.4 Å². The van der Waals surface area contributed by atoms with Crippen LogP contribution in [0.3, 0.4) is 0 Å². The smallest absolute Gasteiger partial charge is 0.224 e. The molecule has 0 saturated carbocycles. The first-order chi connectivity index (χ1) is 11.1. The Kier molecular flexibility index (Phi) is 5.92. The second-order valence-corrected chi connectivity index (χ2v) is 5.52. The van der Waals surface area contributed by atoms with E-state index in [1.165, 1.54) is 12.5 Å². The van der Waals surface area contributed by atoms with Crippen LogP contribution in [-0.2, 0) is 16.0 Å².